The molecule has 0 spiro atoms. The van der Waals surface area contributed by atoms with Crippen LogP contribution in [0.5, 0.6) is 5.75 Å². The van der Waals surface area contributed by atoms with Crippen LogP contribution in [0.1, 0.15) is 11.1 Å². The average Bonchev–Trinajstić information content (AvgIpc) is 2.40. The molecule has 2 aromatic carbocycles. The number of rotatable bonds is 4. The molecule has 0 atom stereocenters. The van der Waals surface area contributed by atoms with Crippen LogP contribution < -0.4 is 10.5 Å². The van der Waals surface area contributed by atoms with Gasteiger partial charge in [-0.15, -0.1) is 0 Å². The summed E-state index contributed by atoms with van der Waals surface area (Å²) in [6, 6.07) is 11.7. The first-order chi connectivity index (χ1) is 9.06. The molecule has 0 aromatic heterocycles. The van der Waals surface area contributed by atoms with Gasteiger partial charge in [0.2, 0.25) is 0 Å². The quantitative estimate of drug-likeness (QED) is 0.874. The molecule has 0 heterocycles. The van der Waals surface area contributed by atoms with E-state index in [1.807, 2.05) is 24.3 Å². The number of hydrogen-bond donors (Lipinski definition) is 1. The van der Waals surface area contributed by atoms with E-state index < -0.39 is 5.82 Å². The highest BCUT2D eigenvalue weighted by Crippen LogP contribution is 2.22. The number of ether oxygens (including phenoxy) is 1. The van der Waals surface area contributed by atoms with Crippen LogP contribution >= 0.6 is 23.8 Å². The minimum Gasteiger partial charge on any atom is -0.489 e. The number of thiocarbonyl (C=S) groups is 1. The summed E-state index contributed by atoms with van der Waals surface area (Å²) >= 11 is 10.6. The van der Waals surface area contributed by atoms with Crippen molar-refractivity contribution in [3.05, 3.63) is 64.4 Å². The lowest BCUT2D eigenvalue weighted by Gasteiger charge is -2.08. The normalized spacial score (nSPS) is 10.2. The lowest BCUT2D eigenvalue weighted by atomic mass is 10.1. The fourth-order valence-corrected chi connectivity index (χ4v) is 1.85. The lowest BCUT2D eigenvalue weighted by molar-refractivity contribution is 0.306. The third-order valence-corrected chi connectivity index (χ3v) is 3.03. The van der Waals surface area contributed by atoms with Gasteiger partial charge in [0, 0.05) is 11.6 Å². The Hall–Kier alpha value is -1.65. The van der Waals surface area contributed by atoms with E-state index in [4.69, 9.17) is 34.3 Å². The summed E-state index contributed by atoms with van der Waals surface area (Å²) in [5.74, 6) is 0.0385. The van der Waals surface area contributed by atoms with E-state index in [0.29, 0.717) is 17.3 Å². The maximum atomic E-state index is 13.0. The van der Waals surface area contributed by atoms with Crippen molar-refractivity contribution >= 4 is 28.8 Å². The number of halogens is 2. The van der Waals surface area contributed by atoms with E-state index in [9.17, 15) is 4.39 Å². The van der Waals surface area contributed by atoms with Crippen LogP contribution in [0.25, 0.3) is 0 Å². The molecule has 0 saturated heterocycles. The summed E-state index contributed by atoms with van der Waals surface area (Å²) in [4.78, 5) is 0.340. The van der Waals surface area contributed by atoms with Crippen LogP contribution in [0.3, 0.4) is 0 Å². The first kappa shape index (κ1) is 13.8. The predicted octanol–water partition coefficient (Wildman–Crippen LogP) is 3.69. The molecule has 19 heavy (non-hydrogen) atoms. The monoisotopic (exact) mass is 295 g/mol. The fourth-order valence-electron chi connectivity index (χ4n) is 1.55. The molecule has 2 rings (SSSR count). The van der Waals surface area contributed by atoms with Gasteiger partial charge in [-0.25, -0.2) is 4.39 Å². The van der Waals surface area contributed by atoms with Crippen LogP contribution in [-0.2, 0) is 6.61 Å². The Labute approximate surface area is 120 Å². The molecule has 5 heteroatoms. The van der Waals surface area contributed by atoms with Crippen molar-refractivity contribution in [1.29, 1.82) is 0 Å². The molecule has 0 radical (unpaired) electrons. The standard InChI is InChI=1S/C14H11ClFNOS/c15-12-7-11(4-5-13(12)16)18-8-9-2-1-3-10(6-9)14(17)19/h1-7H,8H2,(H2,17,19). The summed E-state index contributed by atoms with van der Waals surface area (Å²) < 4.78 is 18.5. The summed E-state index contributed by atoms with van der Waals surface area (Å²) in [6.07, 6.45) is 0. The molecular formula is C14H11ClFNOS. The summed E-state index contributed by atoms with van der Waals surface area (Å²) in [6.45, 7) is 0.332. The minimum atomic E-state index is -0.468. The highest BCUT2D eigenvalue weighted by Gasteiger charge is 2.03. The topological polar surface area (TPSA) is 35.2 Å². The predicted molar refractivity (Wildman–Crippen MR) is 78.1 cm³/mol. The molecule has 0 aliphatic rings. The SMILES string of the molecule is NC(=S)c1cccc(COc2ccc(F)c(Cl)c2)c1. The first-order valence-corrected chi connectivity index (χ1v) is 6.31. The van der Waals surface area contributed by atoms with Gasteiger partial charge in [-0.05, 0) is 23.8 Å². The van der Waals surface area contributed by atoms with E-state index in [2.05, 4.69) is 0 Å². The van der Waals surface area contributed by atoms with Gasteiger partial charge >= 0.3 is 0 Å². The maximum Gasteiger partial charge on any atom is 0.142 e. The highest BCUT2D eigenvalue weighted by atomic mass is 35.5. The van der Waals surface area contributed by atoms with Crippen LogP contribution in [-0.4, -0.2) is 4.99 Å². The molecule has 0 aliphatic carbocycles. The molecule has 98 valence electrons. The van der Waals surface area contributed by atoms with Gasteiger partial charge in [0.1, 0.15) is 23.2 Å². The molecule has 2 N–H and O–H groups in total. The van der Waals surface area contributed by atoms with E-state index in [0.717, 1.165) is 11.1 Å². The Morgan fingerprint density at radius 2 is 2.05 bits per heavy atom. The van der Waals surface area contributed by atoms with Crippen LogP contribution in [0.15, 0.2) is 42.5 Å². The van der Waals surface area contributed by atoms with Gasteiger partial charge in [-0.1, -0.05) is 42.0 Å². The van der Waals surface area contributed by atoms with Crippen molar-refractivity contribution in [2.45, 2.75) is 6.61 Å². The maximum absolute atomic E-state index is 13.0. The third kappa shape index (κ3) is 3.66. The van der Waals surface area contributed by atoms with Crippen LogP contribution in [0.2, 0.25) is 5.02 Å². The minimum absolute atomic E-state index is 0.0365. The number of hydrogen-bond acceptors (Lipinski definition) is 2. The molecule has 0 bridgehead atoms. The van der Waals surface area contributed by atoms with Gasteiger partial charge < -0.3 is 10.5 Å². The van der Waals surface area contributed by atoms with Gasteiger partial charge in [-0.3, -0.25) is 0 Å². The zero-order chi connectivity index (χ0) is 13.8. The van der Waals surface area contributed by atoms with Crippen LogP contribution in [0, 0.1) is 5.82 Å². The van der Waals surface area contributed by atoms with Crippen molar-refractivity contribution in [3.8, 4) is 5.75 Å². The Balaban J connectivity index is 2.07. The molecular weight excluding hydrogens is 285 g/mol. The fraction of sp³-hybridized carbons (Fsp3) is 0.0714. The molecule has 2 nitrogen and oxygen atoms in total. The molecule has 0 fully saturated rings. The van der Waals surface area contributed by atoms with E-state index in [-0.39, 0.29) is 5.02 Å². The Morgan fingerprint density at radius 3 is 2.74 bits per heavy atom. The molecule has 0 aliphatic heterocycles. The van der Waals surface area contributed by atoms with Crippen molar-refractivity contribution in [2.75, 3.05) is 0 Å². The van der Waals surface area contributed by atoms with E-state index in [1.54, 1.807) is 0 Å². The molecule has 0 amide bonds. The van der Waals surface area contributed by atoms with Crippen molar-refractivity contribution in [3.63, 3.8) is 0 Å². The van der Waals surface area contributed by atoms with Crippen molar-refractivity contribution < 1.29 is 9.13 Å². The van der Waals surface area contributed by atoms with Gasteiger partial charge in [0.05, 0.1) is 5.02 Å². The Kier molecular flexibility index (Phi) is 4.35. The van der Waals surface area contributed by atoms with Gasteiger partial charge in [-0.2, -0.15) is 0 Å². The molecule has 0 saturated carbocycles. The number of benzene rings is 2. The second-order valence-corrected chi connectivity index (χ2v) is 4.78. The van der Waals surface area contributed by atoms with Gasteiger partial charge in [0.15, 0.2) is 0 Å². The van der Waals surface area contributed by atoms with Crippen molar-refractivity contribution in [1.82, 2.24) is 0 Å². The van der Waals surface area contributed by atoms with E-state index >= 15 is 0 Å². The highest BCUT2D eigenvalue weighted by molar-refractivity contribution is 7.80. The largest absolute Gasteiger partial charge is 0.489 e. The van der Waals surface area contributed by atoms with Crippen molar-refractivity contribution in [2.24, 2.45) is 5.73 Å². The summed E-state index contributed by atoms with van der Waals surface area (Å²) in [5.41, 5.74) is 7.27. The smallest absolute Gasteiger partial charge is 0.142 e. The zero-order valence-corrected chi connectivity index (χ0v) is 11.5. The third-order valence-electron chi connectivity index (χ3n) is 2.51. The first-order valence-electron chi connectivity index (χ1n) is 5.53. The van der Waals surface area contributed by atoms with Gasteiger partial charge in [0.25, 0.3) is 0 Å². The Bertz CT molecular complexity index is 618. The molecule has 2 aromatic rings. The number of nitrogens with two attached hydrogens (primary N) is 1. The second-order valence-electron chi connectivity index (χ2n) is 3.93. The zero-order valence-electron chi connectivity index (χ0n) is 9.90. The average molecular weight is 296 g/mol. The van der Waals surface area contributed by atoms with Crippen LogP contribution in [0.4, 0.5) is 4.39 Å². The second kappa shape index (κ2) is 5.99. The summed E-state index contributed by atoms with van der Waals surface area (Å²) in [5, 5.41) is 0.0365. The Morgan fingerprint density at radius 1 is 1.26 bits per heavy atom. The lowest BCUT2D eigenvalue weighted by Crippen LogP contribution is -2.09. The van der Waals surface area contributed by atoms with E-state index in [1.165, 1.54) is 18.2 Å². The summed E-state index contributed by atoms with van der Waals surface area (Å²) in [7, 11) is 0. The molecule has 0 unspecified atom stereocenters.